The van der Waals surface area contributed by atoms with E-state index in [2.05, 4.69) is 16.5 Å². The van der Waals surface area contributed by atoms with E-state index in [1.807, 2.05) is 13.8 Å². The minimum absolute atomic E-state index is 0.0393. The van der Waals surface area contributed by atoms with Crippen molar-refractivity contribution in [2.24, 2.45) is 0 Å². The minimum atomic E-state index is -1.02. The molecule has 0 saturated heterocycles. The van der Waals surface area contributed by atoms with E-state index in [1.54, 1.807) is 6.92 Å². The Morgan fingerprint density at radius 2 is 1.97 bits per heavy atom. The molecule has 1 amide bonds. The number of hydrogen-bond donors (Lipinski definition) is 1. The first-order valence-electron chi connectivity index (χ1n) is 9.86. The summed E-state index contributed by atoms with van der Waals surface area (Å²) in [6.45, 7) is 6.94. The number of aromatic nitrogens is 1. The maximum absolute atomic E-state index is 12.6. The first kappa shape index (κ1) is 21.1. The Hall–Kier alpha value is -2.66. The molecule has 0 radical (unpaired) electrons. The summed E-state index contributed by atoms with van der Waals surface area (Å²) < 4.78 is 10.6. The van der Waals surface area contributed by atoms with Gasteiger partial charge in [0.2, 0.25) is 0 Å². The number of hydrogen-bond acceptors (Lipinski definition) is 7. The molecular weight excluding hydrogens is 390 g/mol. The van der Waals surface area contributed by atoms with Crippen molar-refractivity contribution in [3.8, 4) is 6.07 Å². The van der Waals surface area contributed by atoms with E-state index < -0.39 is 18.0 Å². The van der Waals surface area contributed by atoms with Crippen LogP contribution in [0, 0.1) is 18.3 Å². The highest BCUT2D eigenvalue weighted by Crippen LogP contribution is 2.37. The third-order valence-electron chi connectivity index (χ3n) is 5.04. The Balaban J connectivity index is 1.73. The van der Waals surface area contributed by atoms with Crippen LogP contribution in [-0.2, 0) is 22.4 Å². The monoisotopic (exact) mass is 415 g/mol. The fourth-order valence-corrected chi connectivity index (χ4v) is 4.71. The van der Waals surface area contributed by atoms with Crippen molar-refractivity contribution in [2.75, 3.05) is 5.32 Å². The number of nitrogens with zero attached hydrogens (tertiary/aromatic N) is 2. The number of nitriles is 1. The van der Waals surface area contributed by atoms with Gasteiger partial charge in [-0.05, 0) is 45.1 Å². The summed E-state index contributed by atoms with van der Waals surface area (Å²) in [5.41, 5.74) is 2.28. The zero-order chi connectivity index (χ0) is 21.1. The lowest BCUT2D eigenvalue weighted by Gasteiger charge is -2.13. The van der Waals surface area contributed by atoms with Crippen molar-refractivity contribution >= 4 is 28.2 Å². The number of aryl methyl sites for hydroxylation is 2. The normalized spacial score (nSPS) is 14.6. The van der Waals surface area contributed by atoms with Crippen LogP contribution in [0.1, 0.15) is 83.8 Å². The van der Waals surface area contributed by atoms with Crippen LogP contribution in [0.15, 0.2) is 4.52 Å². The molecule has 1 N–H and O–H groups in total. The molecular formula is C21H25N3O4S. The lowest BCUT2D eigenvalue weighted by molar-refractivity contribution is -0.123. The van der Waals surface area contributed by atoms with Crippen LogP contribution < -0.4 is 5.32 Å². The number of rotatable bonds is 5. The van der Waals surface area contributed by atoms with E-state index in [-0.39, 0.29) is 11.5 Å². The first-order chi connectivity index (χ1) is 13.8. The van der Waals surface area contributed by atoms with Gasteiger partial charge < -0.3 is 14.6 Å². The van der Waals surface area contributed by atoms with Crippen molar-refractivity contribution in [1.29, 1.82) is 5.26 Å². The predicted octanol–water partition coefficient (Wildman–Crippen LogP) is 4.49. The summed E-state index contributed by atoms with van der Waals surface area (Å²) in [6, 6.07) is 2.23. The van der Waals surface area contributed by atoms with Crippen molar-refractivity contribution in [3.05, 3.63) is 33.0 Å². The molecule has 2 aromatic heterocycles. The summed E-state index contributed by atoms with van der Waals surface area (Å²) in [5, 5.41) is 16.7. The lowest BCUT2D eigenvalue weighted by Crippen LogP contribution is -2.30. The number of esters is 1. The molecule has 29 heavy (non-hydrogen) atoms. The van der Waals surface area contributed by atoms with Gasteiger partial charge in [0, 0.05) is 10.8 Å². The zero-order valence-electron chi connectivity index (χ0n) is 17.1. The molecule has 0 fully saturated rings. The van der Waals surface area contributed by atoms with Gasteiger partial charge in [-0.15, -0.1) is 11.3 Å². The molecule has 0 saturated carbocycles. The van der Waals surface area contributed by atoms with Gasteiger partial charge in [0.05, 0.1) is 11.3 Å². The molecule has 154 valence electrons. The summed E-state index contributed by atoms with van der Waals surface area (Å²) >= 11 is 1.45. The maximum Gasteiger partial charge on any atom is 0.344 e. The van der Waals surface area contributed by atoms with Gasteiger partial charge >= 0.3 is 5.97 Å². The fourth-order valence-electron chi connectivity index (χ4n) is 3.47. The Kier molecular flexibility index (Phi) is 6.38. The van der Waals surface area contributed by atoms with Crippen molar-refractivity contribution < 1.29 is 18.8 Å². The van der Waals surface area contributed by atoms with Gasteiger partial charge in [-0.1, -0.05) is 25.4 Å². The Bertz CT molecular complexity index is 967. The Morgan fingerprint density at radius 1 is 1.24 bits per heavy atom. The average Bonchev–Trinajstić information content (AvgIpc) is 3.13. The second kappa shape index (κ2) is 8.78. The van der Waals surface area contributed by atoms with Crippen LogP contribution in [0.3, 0.4) is 0 Å². The molecule has 0 bridgehead atoms. The quantitative estimate of drug-likeness (QED) is 0.570. The van der Waals surface area contributed by atoms with Crippen molar-refractivity contribution in [2.45, 2.75) is 71.8 Å². The SMILES string of the molecule is Cc1noc(C(C)C)c1C(=O)O[C@@H](C)C(=O)Nc1sc2c(c1C#N)CCCCC2. The maximum atomic E-state index is 12.6. The number of thiophene rings is 1. The molecule has 3 rings (SSSR count). The molecule has 1 atom stereocenters. The number of carbonyl (C=O) groups is 2. The van der Waals surface area contributed by atoms with E-state index in [9.17, 15) is 14.9 Å². The van der Waals surface area contributed by atoms with E-state index in [0.29, 0.717) is 22.0 Å². The topological polar surface area (TPSA) is 105 Å². The summed E-state index contributed by atoms with van der Waals surface area (Å²) in [5.74, 6) is -0.708. The summed E-state index contributed by atoms with van der Waals surface area (Å²) in [6.07, 6.45) is 4.07. The summed E-state index contributed by atoms with van der Waals surface area (Å²) in [7, 11) is 0. The Morgan fingerprint density at radius 3 is 2.66 bits per heavy atom. The standard InChI is InChI=1S/C21H25N3O4S/c1-11(2)18-17(12(3)24-28-18)21(26)27-13(4)19(25)23-20-15(10-22)14-8-6-5-7-9-16(14)29-20/h11,13H,5-9H2,1-4H3,(H,23,25)/t13-/m0/s1. The number of nitrogens with one attached hydrogen (secondary N) is 1. The minimum Gasteiger partial charge on any atom is -0.449 e. The third-order valence-corrected chi connectivity index (χ3v) is 6.25. The molecule has 2 heterocycles. The number of amides is 1. The number of fused-ring (bicyclic) bond motifs is 1. The van der Waals surface area contributed by atoms with Crippen LogP contribution in [-0.4, -0.2) is 23.1 Å². The smallest absolute Gasteiger partial charge is 0.344 e. The van der Waals surface area contributed by atoms with Crippen molar-refractivity contribution in [3.63, 3.8) is 0 Å². The van der Waals surface area contributed by atoms with Gasteiger partial charge in [0.15, 0.2) is 11.9 Å². The third kappa shape index (κ3) is 4.35. The number of anilines is 1. The van der Waals surface area contributed by atoms with E-state index in [0.717, 1.165) is 37.7 Å². The summed E-state index contributed by atoms with van der Waals surface area (Å²) in [4.78, 5) is 26.4. The largest absolute Gasteiger partial charge is 0.449 e. The number of carbonyl (C=O) groups excluding carboxylic acids is 2. The molecule has 0 spiro atoms. The zero-order valence-corrected chi connectivity index (χ0v) is 17.9. The van der Waals surface area contributed by atoms with Gasteiger partial charge in [-0.3, -0.25) is 4.79 Å². The average molecular weight is 416 g/mol. The molecule has 1 aliphatic rings. The first-order valence-corrected chi connectivity index (χ1v) is 10.7. The predicted molar refractivity (Wildman–Crippen MR) is 109 cm³/mol. The molecule has 2 aromatic rings. The molecule has 0 aromatic carbocycles. The second-order valence-corrected chi connectivity index (χ2v) is 8.68. The number of ether oxygens (including phenoxy) is 1. The van der Waals surface area contributed by atoms with E-state index in [1.165, 1.54) is 23.1 Å². The fraction of sp³-hybridized carbons (Fsp3) is 0.524. The van der Waals surface area contributed by atoms with Gasteiger partial charge in [0.25, 0.3) is 5.91 Å². The molecule has 0 aliphatic heterocycles. The highest BCUT2D eigenvalue weighted by molar-refractivity contribution is 7.16. The molecule has 0 unspecified atom stereocenters. The van der Waals surface area contributed by atoms with Gasteiger partial charge in [-0.25, -0.2) is 4.79 Å². The van der Waals surface area contributed by atoms with Crippen LogP contribution in [0.2, 0.25) is 0 Å². The second-order valence-electron chi connectivity index (χ2n) is 7.58. The Labute approximate surface area is 174 Å². The van der Waals surface area contributed by atoms with Crippen LogP contribution in [0.4, 0.5) is 5.00 Å². The van der Waals surface area contributed by atoms with Gasteiger partial charge in [0.1, 0.15) is 16.6 Å². The van der Waals surface area contributed by atoms with E-state index in [4.69, 9.17) is 9.26 Å². The highest BCUT2D eigenvalue weighted by atomic mass is 32.1. The van der Waals surface area contributed by atoms with Crippen molar-refractivity contribution in [1.82, 2.24) is 5.16 Å². The van der Waals surface area contributed by atoms with Crippen LogP contribution in [0.5, 0.6) is 0 Å². The van der Waals surface area contributed by atoms with Crippen LogP contribution in [0.25, 0.3) is 0 Å². The van der Waals surface area contributed by atoms with E-state index >= 15 is 0 Å². The lowest BCUT2D eigenvalue weighted by atomic mass is 10.1. The molecule has 1 aliphatic carbocycles. The van der Waals surface area contributed by atoms with Crippen LogP contribution >= 0.6 is 11.3 Å². The highest BCUT2D eigenvalue weighted by Gasteiger charge is 2.28. The van der Waals surface area contributed by atoms with Gasteiger partial charge in [-0.2, -0.15) is 5.26 Å². The molecule has 7 nitrogen and oxygen atoms in total. The molecule has 8 heteroatoms.